The molecule has 1 aromatic carbocycles. The molecule has 118 valence electrons. The molecular formula is C18H30N2O. The average molecular weight is 290 g/mol. The van der Waals surface area contributed by atoms with E-state index in [1.54, 1.807) is 0 Å². The van der Waals surface area contributed by atoms with Crippen molar-refractivity contribution in [2.75, 3.05) is 32.8 Å². The van der Waals surface area contributed by atoms with Crippen LogP contribution in [0.4, 0.5) is 0 Å². The highest BCUT2D eigenvalue weighted by atomic mass is 16.5. The van der Waals surface area contributed by atoms with Crippen molar-refractivity contribution in [1.82, 2.24) is 10.2 Å². The number of nitrogens with one attached hydrogen (secondary N) is 1. The lowest BCUT2D eigenvalue weighted by atomic mass is 10.1. The predicted octanol–water partition coefficient (Wildman–Crippen LogP) is 3.61. The zero-order chi connectivity index (χ0) is 14.9. The molecule has 0 spiro atoms. The normalized spacial score (nSPS) is 17.0. The van der Waals surface area contributed by atoms with E-state index in [2.05, 4.69) is 48.3 Å². The number of rotatable bonds is 9. The van der Waals surface area contributed by atoms with Gasteiger partial charge in [-0.1, -0.05) is 19.1 Å². The zero-order valence-electron chi connectivity index (χ0n) is 13.6. The van der Waals surface area contributed by atoms with Gasteiger partial charge in [0, 0.05) is 12.6 Å². The lowest BCUT2D eigenvalue weighted by molar-refractivity contribution is 0.263. The molecule has 0 radical (unpaired) electrons. The molecule has 3 heteroatoms. The maximum atomic E-state index is 5.83. The Hall–Kier alpha value is -1.06. The molecule has 2 rings (SSSR count). The number of hydrogen-bond acceptors (Lipinski definition) is 3. The Labute approximate surface area is 129 Å². The van der Waals surface area contributed by atoms with Crippen LogP contribution in [0.15, 0.2) is 24.3 Å². The largest absolute Gasteiger partial charge is 0.494 e. The molecule has 21 heavy (non-hydrogen) atoms. The highest BCUT2D eigenvalue weighted by molar-refractivity contribution is 5.28. The minimum Gasteiger partial charge on any atom is -0.494 e. The van der Waals surface area contributed by atoms with Crippen molar-refractivity contribution in [3.63, 3.8) is 0 Å². The summed E-state index contributed by atoms with van der Waals surface area (Å²) < 4.78 is 5.83. The highest BCUT2D eigenvalue weighted by Crippen LogP contribution is 2.18. The van der Waals surface area contributed by atoms with Crippen LogP contribution in [0.5, 0.6) is 5.75 Å². The SMILES string of the molecule is CCCNC(C)c1ccc(OCCCN2CCCC2)cc1. The van der Waals surface area contributed by atoms with Gasteiger partial charge in [0.1, 0.15) is 5.75 Å². The molecule has 1 unspecified atom stereocenters. The summed E-state index contributed by atoms with van der Waals surface area (Å²) in [5.74, 6) is 0.989. The molecule has 0 saturated carbocycles. The number of likely N-dealkylation sites (tertiary alicyclic amines) is 1. The molecule has 1 atom stereocenters. The van der Waals surface area contributed by atoms with Gasteiger partial charge in [0.05, 0.1) is 6.61 Å². The van der Waals surface area contributed by atoms with Crippen molar-refractivity contribution in [3.05, 3.63) is 29.8 Å². The second-order valence-corrected chi connectivity index (χ2v) is 6.00. The second-order valence-electron chi connectivity index (χ2n) is 6.00. The summed E-state index contributed by atoms with van der Waals surface area (Å²) in [5, 5.41) is 3.51. The summed E-state index contributed by atoms with van der Waals surface area (Å²) in [6.07, 6.45) is 5.03. The molecule has 0 aromatic heterocycles. The summed E-state index contributed by atoms with van der Waals surface area (Å²) in [5.41, 5.74) is 1.33. The molecule has 1 aromatic rings. The van der Waals surface area contributed by atoms with Crippen molar-refractivity contribution < 1.29 is 4.74 Å². The van der Waals surface area contributed by atoms with Gasteiger partial charge < -0.3 is 15.0 Å². The number of ether oxygens (including phenoxy) is 1. The molecular weight excluding hydrogens is 260 g/mol. The highest BCUT2D eigenvalue weighted by Gasteiger charge is 2.10. The molecule has 1 aliphatic heterocycles. The van der Waals surface area contributed by atoms with E-state index in [0.29, 0.717) is 6.04 Å². The van der Waals surface area contributed by atoms with Gasteiger partial charge in [-0.15, -0.1) is 0 Å². The fourth-order valence-corrected chi connectivity index (χ4v) is 2.82. The zero-order valence-corrected chi connectivity index (χ0v) is 13.6. The van der Waals surface area contributed by atoms with Gasteiger partial charge >= 0.3 is 0 Å². The van der Waals surface area contributed by atoms with Crippen molar-refractivity contribution in [3.8, 4) is 5.75 Å². The van der Waals surface area contributed by atoms with E-state index in [0.717, 1.165) is 25.3 Å². The van der Waals surface area contributed by atoms with E-state index in [4.69, 9.17) is 4.74 Å². The smallest absolute Gasteiger partial charge is 0.119 e. The van der Waals surface area contributed by atoms with Gasteiger partial charge in [0.2, 0.25) is 0 Å². The molecule has 1 fully saturated rings. The van der Waals surface area contributed by atoms with Gasteiger partial charge in [0.15, 0.2) is 0 Å². The third-order valence-corrected chi connectivity index (χ3v) is 4.17. The third kappa shape index (κ3) is 5.68. The first kappa shape index (κ1) is 16.3. The van der Waals surface area contributed by atoms with Gasteiger partial charge in [-0.2, -0.15) is 0 Å². The van der Waals surface area contributed by atoms with E-state index in [9.17, 15) is 0 Å². The van der Waals surface area contributed by atoms with E-state index in [-0.39, 0.29) is 0 Å². The summed E-state index contributed by atoms with van der Waals surface area (Å²) in [4.78, 5) is 2.54. The Morgan fingerprint density at radius 3 is 2.57 bits per heavy atom. The fourth-order valence-electron chi connectivity index (χ4n) is 2.82. The van der Waals surface area contributed by atoms with E-state index in [1.807, 2.05) is 0 Å². The molecule has 0 aliphatic carbocycles. The second kappa shape index (κ2) is 9.06. The summed E-state index contributed by atoms with van der Waals surface area (Å²) in [6, 6.07) is 8.94. The Morgan fingerprint density at radius 2 is 1.90 bits per heavy atom. The number of hydrogen-bond donors (Lipinski definition) is 1. The summed E-state index contributed by atoms with van der Waals surface area (Å²) >= 11 is 0. The monoisotopic (exact) mass is 290 g/mol. The van der Waals surface area contributed by atoms with Crippen LogP contribution < -0.4 is 10.1 Å². The van der Waals surface area contributed by atoms with Gasteiger partial charge in [-0.05, 0) is 69.9 Å². The molecule has 0 bridgehead atoms. The molecule has 1 N–H and O–H groups in total. The van der Waals surface area contributed by atoms with Crippen LogP contribution in [-0.4, -0.2) is 37.7 Å². The number of nitrogens with zero attached hydrogens (tertiary/aromatic N) is 1. The fraction of sp³-hybridized carbons (Fsp3) is 0.667. The first-order chi connectivity index (χ1) is 10.3. The summed E-state index contributed by atoms with van der Waals surface area (Å²) in [6.45, 7) is 10.0. The third-order valence-electron chi connectivity index (χ3n) is 4.17. The van der Waals surface area contributed by atoms with Crippen LogP contribution in [-0.2, 0) is 0 Å². The van der Waals surface area contributed by atoms with Crippen LogP contribution in [0.2, 0.25) is 0 Å². The minimum atomic E-state index is 0.411. The van der Waals surface area contributed by atoms with Crippen LogP contribution in [0.25, 0.3) is 0 Å². The molecule has 3 nitrogen and oxygen atoms in total. The van der Waals surface area contributed by atoms with E-state index in [1.165, 1.54) is 44.5 Å². The topological polar surface area (TPSA) is 24.5 Å². The Bertz CT molecular complexity index is 385. The standard InChI is InChI=1S/C18H30N2O/c1-3-11-19-16(2)17-7-9-18(10-8-17)21-15-6-14-20-12-4-5-13-20/h7-10,16,19H,3-6,11-15H2,1-2H3. The molecule has 1 saturated heterocycles. The lowest BCUT2D eigenvalue weighted by Gasteiger charge is -2.15. The Morgan fingerprint density at radius 1 is 1.19 bits per heavy atom. The Balaban J connectivity index is 1.66. The minimum absolute atomic E-state index is 0.411. The van der Waals surface area contributed by atoms with Gasteiger partial charge in [-0.25, -0.2) is 0 Å². The lowest BCUT2D eigenvalue weighted by Crippen LogP contribution is -2.21. The molecule has 0 amide bonds. The maximum absolute atomic E-state index is 5.83. The van der Waals surface area contributed by atoms with Crippen LogP contribution in [0.3, 0.4) is 0 Å². The van der Waals surface area contributed by atoms with Crippen molar-refractivity contribution in [2.45, 2.75) is 45.6 Å². The quantitative estimate of drug-likeness (QED) is 0.703. The van der Waals surface area contributed by atoms with Crippen molar-refractivity contribution >= 4 is 0 Å². The first-order valence-corrected chi connectivity index (χ1v) is 8.48. The predicted molar refractivity (Wildman–Crippen MR) is 88.9 cm³/mol. The Kier molecular flexibility index (Phi) is 7.04. The van der Waals surface area contributed by atoms with Crippen LogP contribution in [0.1, 0.15) is 51.1 Å². The molecule has 1 heterocycles. The van der Waals surface area contributed by atoms with Crippen LogP contribution in [0, 0.1) is 0 Å². The van der Waals surface area contributed by atoms with E-state index < -0.39 is 0 Å². The van der Waals surface area contributed by atoms with Gasteiger partial charge in [-0.3, -0.25) is 0 Å². The van der Waals surface area contributed by atoms with Gasteiger partial charge in [0.25, 0.3) is 0 Å². The summed E-state index contributed by atoms with van der Waals surface area (Å²) in [7, 11) is 0. The average Bonchev–Trinajstić information content (AvgIpc) is 3.03. The van der Waals surface area contributed by atoms with Crippen LogP contribution >= 0.6 is 0 Å². The van der Waals surface area contributed by atoms with Crippen molar-refractivity contribution in [1.29, 1.82) is 0 Å². The molecule has 1 aliphatic rings. The number of benzene rings is 1. The van der Waals surface area contributed by atoms with E-state index >= 15 is 0 Å². The first-order valence-electron chi connectivity index (χ1n) is 8.48. The maximum Gasteiger partial charge on any atom is 0.119 e. The van der Waals surface area contributed by atoms with Crippen molar-refractivity contribution in [2.24, 2.45) is 0 Å².